The maximum atomic E-state index is 6.10. The van der Waals surface area contributed by atoms with Crippen molar-refractivity contribution in [3.05, 3.63) is 93.6 Å². The summed E-state index contributed by atoms with van der Waals surface area (Å²) >= 11 is 6.10. The Morgan fingerprint density at radius 3 is 2.60 bits per heavy atom. The van der Waals surface area contributed by atoms with Crippen LogP contribution in [0.2, 0.25) is 5.02 Å². The van der Waals surface area contributed by atoms with Gasteiger partial charge in [-0.15, -0.1) is 0 Å². The largest absolute Gasteiger partial charge is 0.358 e. The summed E-state index contributed by atoms with van der Waals surface area (Å²) in [6.07, 6.45) is 3.65. The van der Waals surface area contributed by atoms with Gasteiger partial charge in [0.1, 0.15) is 6.54 Å². The van der Waals surface area contributed by atoms with Crippen LogP contribution in [0.1, 0.15) is 33.7 Å². The summed E-state index contributed by atoms with van der Waals surface area (Å²) in [6.45, 7) is 2.38. The van der Waals surface area contributed by atoms with E-state index >= 15 is 0 Å². The third kappa shape index (κ3) is 3.32. The molecule has 30 heavy (non-hydrogen) atoms. The minimum atomic E-state index is 0.430. The number of rotatable bonds is 1. The van der Waals surface area contributed by atoms with Gasteiger partial charge in [0, 0.05) is 35.0 Å². The van der Waals surface area contributed by atoms with Gasteiger partial charge < -0.3 is 4.52 Å². The molecule has 6 heteroatoms. The first kappa shape index (κ1) is 18.4. The van der Waals surface area contributed by atoms with Crippen molar-refractivity contribution in [2.24, 2.45) is 12.0 Å². The molecule has 0 unspecified atom stereocenters. The molecule has 5 rings (SSSR count). The van der Waals surface area contributed by atoms with E-state index in [2.05, 4.69) is 34.2 Å². The van der Waals surface area contributed by atoms with Gasteiger partial charge in [-0.05, 0) is 36.8 Å². The van der Waals surface area contributed by atoms with Crippen LogP contribution in [0.5, 0.6) is 0 Å². The van der Waals surface area contributed by atoms with Gasteiger partial charge in [-0.3, -0.25) is 9.67 Å². The average molecular weight is 413 g/mol. The fraction of sp³-hybridized carbons (Fsp3) is 0.125. The lowest BCUT2D eigenvalue weighted by atomic mass is 9.92. The first-order chi connectivity index (χ1) is 14.6. The average Bonchev–Trinajstić information content (AvgIpc) is 3.28. The van der Waals surface area contributed by atoms with Gasteiger partial charge in [-0.2, -0.15) is 5.10 Å². The van der Waals surface area contributed by atoms with Crippen LogP contribution in [0, 0.1) is 18.8 Å². The normalized spacial score (nSPS) is 12.3. The molecule has 146 valence electrons. The van der Waals surface area contributed by atoms with E-state index in [9.17, 15) is 0 Å². The fourth-order valence-electron chi connectivity index (χ4n) is 3.63. The zero-order valence-electron chi connectivity index (χ0n) is 16.5. The summed E-state index contributed by atoms with van der Waals surface area (Å²) in [4.78, 5) is 4.86. The van der Waals surface area contributed by atoms with Crippen molar-refractivity contribution < 1.29 is 4.52 Å². The lowest BCUT2D eigenvalue weighted by Crippen LogP contribution is -2.05. The van der Waals surface area contributed by atoms with Crippen LogP contribution < -0.4 is 0 Å². The molecule has 0 fully saturated rings. The molecule has 0 N–H and O–H groups in total. The molecule has 2 aromatic carbocycles. The van der Waals surface area contributed by atoms with E-state index in [4.69, 9.17) is 21.1 Å². The maximum Gasteiger partial charge on any atom is 0.166 e. The highest BCUT2D eigenvalue weighted by atomic mass is 35.5. The Hall–Kier alpha value is -3.62. The molecule has 4 aromatic rings. The van der Waals surface area contributed by atoms with Gasteiger partial charge in [-0.1, -0.05) is 46.8 Å². The molecule has 2 aromatic heterocycles. The van der Waals surface area contributed by atoms with Gasteiger partial charge in [0.25, 0.3) is 0 Å². The van der Waals surface area contributed by atoms with E-state index in [1.165, 1.54) is 0 Å². The van der Waals surface area contributed by atoms with Gasteiger partial charge in [0.05, 0.1) is 28.7 Å². The SMILES string of the molecule is Cc1noc2c1-c1ccc(C#Cc3cnn(C)c3)cc1C(c1ccc(Cl)cc1)=NC2. The van der Waals surface area contributed by atoms with Gasteiger partial charge in [0.2, 0.25) is 0 Å². The first-order valence-electron chi connectivity index (χ1n) is 9.49. The van der Waals surface area contributed by atoms with Crippen molar-refractivity contribution in [1.82, 2.24) is 14.9 Å². The van der Waals surface area contributed by atoms with E-state index in [1.807, 2.05) is 50.5 Å². The second-order valence-corrected chi connectivity index (χ2v) is 7.59. The molecule has 0 radical (unpaired) electrons. The highest BCUT2D eigenvalue weighted by Crippen LogP contribution is 2.35. The first-order valence-corrected chi connectivity index (χ1v) is 9.87. The predicted octanol–water partition coefficient (Wildman–Crippen LogP) is 4.79. The molecule has 0 spiro atoms. The van der Waals surface area contributed by atoms with Crippen molar-refractivity contribution in [2.75, 3.05) is 0 Å². The highest BCUT2D eigenvalue weighted by molar-refractivity contribution is 6.30. The Morgan fingerprint density at radius 1 is 1.03 bits per heavy atom. The predicted molar refractivity (Wildman–Crippen MR) is 117 cm³/mol. The Kier molecular flexibility index (Phi) is 4.50. The molecule has 0 amide bonds. The molecule has 3 heterocycles. The number of hydrogen-bond acceptors (Lipinski definition) is 4. The lowest BCUT2D eigenvalue weighted by molar-refractivity contribution is 0.382. The van der Waals surface area contributed by atoms with E-state index in [1.54, 1.807) is 10.9 Å². The minimum absolute atomic E-state index is 0.430. The van der Waals surface area contributed by atoms with Crippen LogP contribution in [-0.4, -0.2) is 20.6 Å². The molecule has 0 atom stereocenters. The number of nitrogens with zero attached hydrogens (tertiary/aromatic N) is 4. The zero-order valence-corrected chi connectivity index (χ0v) is 17.2. The highest BCUT2D eigenvalue weighted by Gasteiger charge is 2.24. The van der Waals surface area contributed by atoms with E-state index in [0.29, 0.717) is 11.6 Å². The van der Waals surface area contributed by atoms with Crippen molar-refractivity contribution >= 4 is 17.3 Å². The quantitative estimate of drug-likeness (QED) is 0.422. The van der Waals surface area contributed by atoms with Crippen LogP contribution in [-0.2, 0) is 13.6 Å². The molecule has 1 aliphatic rings. The van der Waals surface area contributed by atoms with Crippen molar-refractivity contribution in [2.45, 2.75) is 13.5 Å². The summed E-state index contributed by atoms with van der Waals surface area (Å²) in [5, 5.41) is 9.01. The molecule has 0 bridgehead atoms. The Balaban J connectivity index is 1.67. The maximum absolute atomic E-state index is 6.10. The number of aromatic nitrogens is 3. The Morgan fingerprint density at radius 2 is 1.83 bits per heavy atom. The molecule has 0 saturated carbocycles. The third-order valence-electron chi connectivity index (χ3n) is 5.03. The van der Waals surface area contributed by atoms with Crippen molar-refractivity contribution in [3.63, 3.8) is 0 Å². The Bertz CT molecular complexity index is 1350. The monoisotopic (exact) mass is 412 g/mol. The molecule has 0 saturated heterocycles. The van der Waals surface area contributed by atoms with Crippen LogP contribution in [0.25, 0.3) is 11.1 Å². The third-order valence-corrected chi connectivity index (χ3v) is 5.28. The van der Waals surface area contributed by atoms with Crippen molar-refractivity contribution in [3.8, 4) is 23.0 Å². The number of hydrogen-bond donors (Lipinski definition) is 0. The lowest BCUT2D eigenvalue weighted by Gasteiger charge is -2.11. The fourth-order valence-corrected chi connectivity index (χ4v) is 3.75. The minimum Gasteiger partial charge on any atom is -0.358 e. The van der Waals surface area contributed by atoms with E-state index < -0.39 is 0 Å². The molecular weight excluding hydrogens is 396 g/mol. The van der Waals surface area contributed by atoms with Crippen molar-refractivity contribution in [1.29, 1.82) is 0 Å². The Labute approximate surface area is 179 Å². The molecular formula is C24H17ClN4O. The van der Waals surface area contributed by atoms with Crippen LogP contribution >= 0.6 is 11.6 Å². The summed E-state index contributed by atoms with van der Waals surface area (Å²) in [5.74, 6) is 7.18. The van der Waals surface area contributed by atoms with Gasteiger partial charge >= 0.3 is 0 Å². The topological polar surface area (TPSA) is 56.2 Å². The van der Waals surface area contributed by atoms with Gasteiger partial charge in [-0.25, -0.2) is 0 Å². The van der Waals surface area contributed by atoms with Crippen LogP contribution in [0.4, 0.5) is 0 Å². The number of benzene rings is 2. The number of aliphatic imine (C=N–C) groups is 1. The standard InChI is InChI=1S/C24H17ClN4O/c1-15-23-20-10-5-16(3-4-17-12-27-29(2)14-17)11-21(20)24(26-13-22(23)30-28-15)18-6-8-19(25)9-7-18/h5-12,14H,13H2,1-2H3. The number of fused-ring (bicyclic) bond motifs is 3. The summed E-state index contributed by atoms with van der Waals surface area (Å²) in [6, 6.07) is 13.9. The number of aryl methyl sites for hydroxylation is 2. The smallest absolute Gasteiger partial charge is 0.166 e. The van der Waals surface area contributed by atoms with Crippen LogP contribution in [0.3, 0.4) is 0 Å². The second-order valence-electron chi connectivity index (χ2n) is 7.15. The molecule has 0 aliphatic carbocycles. The second kappa shape index (κ2) is 7.33. The van der Waals surface area contributed by atoms with Crippen LogP contribution in [0.15, 0.2) is 64.4 Å². The van der Waals surface area contributed by atoms with E-state index in [0.717, 1.165) is 50.5 Å². The zero-order chi connectivity index (χ0) is 20.7. The van der Waals surface area contributed by atoms with E-state index in [-0.39, 0.29) is 0 Å². The summed E-state index contributed by atoms with van der Waals surface area (Å²) in [5.41, 5.74) is 7.55. The number of halogens is 1. The summed E-state index contributed by atoms with van der Waals surface area (Å²) in [7, 11) is 1.88. The van der Waals surface area contributed by atoms with Gasteiger partial charge in [0.15, 0.2) is 5.76 Å². The summed E-state index contributed by atoms with van der Waals surface area (Å²) < 4.78 is 7.29. The molecule has 5 nitrogen and oxygen atoms in total. The molecule has 1 aliphatic heterocycles.